The number of amides is 3. The first-order valence-electron chi connectivity index (χ1n) is 8.57. The van der Waals surface area contributed by atoms with Crippen LogP contribution in [-0.2, 0) is 14.4 Å². The summed E-state index contributed by atoms with van der Waals surface area (Å²) in [5.41, 5.74) is 1.39. The lowest BCUT2D eigenvalue weighted by Gasteiger charge is -2.32. The van der Waals surface area contributed by atoms with Gasteiger partial charge in [-0.25, -0.2) is 0 Å². The van der Waals surface area contributed by atoms with Crippen molar-refractivity contribution in [3.8, 4) is 5.75 Å². The van der Waals surface area contributed by atoms with Crippen molar-refractivity contribution < 1.29 is 19.1 Å². The summed E-state index contributed by atoms with van der Waals surface area (Å²) in [6.07, 6.45) is 1.35. The van der Waals surface area contributed by atoms with Crippen molar-refractivity contribution in [2.45, 2.75) is 13.3 Å². The molecule has 2 atom stereocenters. The molecule has 1 N–H and O–H groups in total. The van der Waals surface area contributed by atoms with Crippen molar-refractivity contribution in [3.63, 3.8) is 0 Å². The van der Waals surface area contributed by atoms with E-state index in [9.17, 15) is 14.4 Å². The summed E-state index contributed by atoms with van der Waals surface area (Å²) >= 11 is 6.08. The summed E-state index contributed by atoms with van der Waals surface area (Å²) in [7, 11) is 1.51. The molecular weight excluding hydrogens is 358 g/mol. The van der Waals surface area contributed by atoms with Gasteiger partial charge in [-0.3, -0.25) is 14.4 Å². The van der Waals surface area contributed by atoms with Crippen molar-refractivity contribution in [1.82, 2.24) is 9.80 Å². The van der Waals surface area contributed by atoms with Crippen molar-refractivity contribution >= 4 is 35.5 Å². The fourth-order valence-corrected chi connectivity index (χ4v) is 3.35. The van der Waals surface area contributed by atoms with E-state index in [-0.39, 0.29) is 23.7 Å². The van der Waals surface area contributed by atoms with Crippen molar-refractivity contribution in [2.24, 2.45) is 11.8 Å². The van der Waals surface area contributed by atoms with E-state index in [0.29, 0.717) is 49.1 Å². The Labute approximate surface area is 157 Å². The lowest BCUT2D eigenvalue weighted by molar-refractivity contribution is -0.137. The van der Waals surface area contributed by atoms with Gasteiger partial charge in [0.15, 0.2) is 0 Å². The molecule has 1 saturated heterocycles. The number of aryl methyl sites for hydroxylation is 1. The Kier molecular flexibility index (Phi) is 5.36. The number of carbonyl (C=O) groups excluding carboxylic acids is 3. The molecule has 3 amide bonds. The van der Waals surface area contributed by atoms with Gasteiger partial charge in [-0.05, 0) is 25.0 Å². The normalized spacial score (nSPS) is 22.0. The lowest BCUT2D eigenvalue weighted by atomic mass is 10.2. The van der Waals surface area contributed by atoms with Crippen molar-refractivity contribution in [1.29, 1.82) is 0 Å². The van der Waals surface area contributed by atoms with Gasteiger partial charge in [0.05, 0.1) is 24.6 Å². The maximum Gasteiger partial charge on any atom is 0.228 e. The fourth-order valence-electron chi connectivity index (χ4n) is 3.20. The number of nitrogens with zero attached hydrogens (tertiary/aromatic N) is 2. The molecule has 1 aliphatic carbocycles. The zero-order valence-corrected chi connectivity index (χ0v) is 15.6. The Morgan fingerprint density at radius 1 is 1.23 bits per heavy atom. The molecule has 0 bridgehead atoms. The zero-order chi connectivity index (χ0) is 18.8. The molecule has 0 radical (unpaired) electrons. The molecule has 1 heterocycles. The first-order chi connectivity index (χ1) is 12.4. The third-order valence-electron chi connectivity index (χ3n) is 4.96. The molecule has 8 heteroatoms. The second kappa shape index (κ2) is 7.53. The van der Waals surface area contributed by atoms with Gasteiger partial charge in [0.1, 0.15) is 5.75 Å². The van der Waals surface area contributed by atoms with Gasteiger partial charge in [0, 0.05) is 37.3 Å². The first kappa shape index (κ1) is 18.5. The highest BCUT2D eigenvalue weighted by Gasteiger charge is 2.49. The number of halogens is 1. The van der Waals surface area contributed by atoms with Gasteiger partial charge in [0.2, 0.25) is 18.2 Å². The van der Waals surface area contributed by atoms with Crippen LogP contribution in [0.1, 0.15) is 12.0 Å². The van der Waals surface area contributed by atoms with E-state index in [1.165, 1.54) is 7.11 Å². The molecule has 2 aliphatic rings. The average Bonchev–Trinajstić information content (AvgIpc) is 3.45. The van der Waals surface area contributed by atoms with Crippen LogP contribution in [0.5, 0.6) is 5.75 Å². The maximum atomic E-state index is 12.5. The molecule has 1 aromatic carbocycles. The Morgan fingerprint density at radius 2 is 1.92 bits per heavy atom. The van der Waals surface area contributed by atoms with Gasteiger partial charge in [0.25, 0.3) is 0 Å². The highest BCUT2D eigenvalue weighted by Crippen LogP contribution is 2.42. The number of methoxy groups -OCH3 is 1. The summed E-state index contributed by atoms with van der Waals surface area (Å²) in [6.45, 7) is 3.97. The zero-order valence-electron chi connectivity index (χ0n) is 14.8. The minimum absolute atomic E-state index is 0.00468. The number of rotatable bonds is 5. The monoisotopic (exact) mass is 379 g/mol. The van der Waals surface area contributed by atoms with Crippen molar-refractivity contribution in [2.75, 3.05) is 38.6 Å². The van der Waals surface area contributed by atoms with Crippen LogP contribution in [0.4, 0.5) is 5.69 Å². The van der Waals surface area contributed by atoms with Crippen LogP contribution < -0.4 is 10.1 Å². The van der Waals surface area contributed by atoms with E-state index >= 15 is 0 Å². The highest BCUT2D eigenvalue weighted by atomic mass is 35.5. The van der Waals surface area contributed by atoms with E-state index in [2.05, 4.69) is 5.32 Å². The molecule has 26 heavy (non-hydrogen) atoms. The van der Waals surface area contributed by atoms with E-state index < -0.39 is 0 Å². The topological polar surface area (TPSA) is 79.0 Å². The van der Waals surface area contributed by atoms with Gasteiger partial charge in [-0.15, -0.1) is 0 Å². The Morgan fingerprint density at radius 3 is 2.54 bits per heavy atom. The summed E-state index contributed by atoms with van der Waals surface area (Å²) in [5.74, 6) is -0.309. The first-order valence-corrected chi connectivity index (χ1v) is 8.95. The van der Waals surface area contributed by atoms with Crippen LogP contribution in [0.3, 0.4) is 0 Å². The molecule has 2 fully saturated rings. The van der Waals surface area contributed by atoms with Crippen LogP contribution in [0.25, 0.3) is 0 Å². The summed E-state index contributed by atoms with van der Waals surface area (Å²) in [6, 6.07) is 3.42. The molecule has 0 aromatic heterocycles. The average molecular weight is 380 g/mol. The van der Waals surface area contributed by atoms with Gasteiger partial charge in [-0.2, -0.15) is 0 Å². The SMILES string of the molecule is COc1cc(Cl)c(C)cc1NC(=O)C1CC1C(=O)N1CCN(C=O)CC1. The smallest absolute Gasteiger partial charge is 0.228 e. The quantitative estimate of drug-likeness (QED) is 0.787. The molecule has 0 spiro atoms. The lowest BCUT2D eigenvalue weighted by Crippen LogP contribution is -2.48. The largest absolute Gasteiger partial charge is 0.495 e. The summed E-state index contributed by atoms with van der Waals surface area (Å²) < 4.78 is 5.26. The number of hydrogen-bond donors (Lipinski definition) is 1. The number of ether oxygens (including phenoxy) is 1. The summed E-state index contributed by atoms with van der Waals surface area (Å²) in [4.78, 5) is 39.2. The highest BCUT2D eigenvalue weighted by molar-refractivity contribution is 6.31. The molecular formula is C18H22ClN3O4. The fraction of sp³-hybridized carbons (Fsp3) is 0.500. The minimum Gasteiger partial charge on any atom is -0.495 e. The van der Waals surface area contributed by atoms with Crippen LogP contribution >= 0.6 is 11.6 Å². The molecule has 7 nitrogen and oxygen atoms in total. The summed E-state index contributed by atoms with van der Waals surface area (Å²) in [5, 5.41) is 3.41. The maximum absolute atomic E-state index is 12.5. The van der Waals surface area contributed by atoms with E-state index in [4.69, 9.17) is 16.3 Å². The standard InChI is InChI=1S/C18H22ClN3O4/c1-11-7-15(16(26-2)9-14(11)19)20-17(24)12-8-13(12)18(25)22-5-3-21(10-23)4-6-22/h7,9-10,12-13H,3-6,8H2,1-2H3,(H,20,24). The van der Waals surface area contributed by atoms with Crippen LogP contribution in [0.2, 0.25) is 5.02 Å². The molecule has 3 rings (SSSR count). The van der Waals surface area contributed by atoms with E-state index in [0.717, 1.165) is 12.0 Å². The second-order valence-corrected chi connectivity index (χ2v) is 7.11. The van der Waals surface area contributed by atoms with E-state index in [1.54, 1.807) is 21.9 Å². The molecule has 140 valence electrons. The Balaban J connectivity index is 1.59. The van der Waals surface area contributed by atoms with E-state index in [1.807, 2.05) is 6.92 Å². The third kappa shape index (κ3) is 3.77. The van der Waals surface area contributed by atoms with Gasteiger partial charge in [-0.1, -0.05) is 11.6 Å². The molecule has 1 aromatic rings. The van der Waals surface area contributed by atoms with Crippen LogP contribution in [0, 0.1) is 18.8 Å². The van der Waals surface area contributed by atoms with Crippen LogP contribution in [0.15, 0.2) is 12.1 Å². The predicted octanol–water partition coefficient (Wildman–Crippen LogP) is 1.53. The molecule has 1 aliphatic heterocycles. The third-order valence-corrected chi connectivity index (χ3v) is 5.37. The Bertz CT molecular complexity index is 731. The molecule has 2 unspecified atom stereocenters. The molecule has 1 saturated carbocycles. The Hall–Kier alpha value is -2.28. The van der Waals surface area contributed by atoms with Gasteiger partial charge < -0.3 is 19.9 Å². The predicted molar refractivity (Wildman–Crippen MR) is 97.2 cm³/mol. The number of anilines is 1. The second-order valence-electron chi connectivity index (χ2n) is 6.71. The number of hydrogen-bond acceptors (Lipinski definition) is 4. The number of nitrogens with one attached hydrogen (secondary N) is 1. The van der Waals surface area contributed by atoms with Crippen molar-refractivity contribution in [3.05, 3.63) is 22.7 Å². The van der Waals surface area contributed by atoms with Gasteiger partial charge >= 0.3 is 0 Å². The number of carbonyl (C=O) groups is 3. The minimum atomic E-state index is -0.327. The number of piperazine rings is 1. The number of benzene rings is 1. The van der Waals surface area contributed by atoms with Crippen LogP contribution in [-0.4, -0.2) is 61.3 Å².